The summed E-state index contributed by atoms with van der Waals surface area (Å²) in [6, 6.07) is 5.09. The first-order chi connectivity index (χ1) is 12.6. The SMILES string of the molecule is CN(CCNC[C@H](O)C(F)(F)F)C1=NC(N)=C(c2cccc(Cl)c2Cl)NN1. The number of hydrogen-bond donors (Lipinski definition) is 5. The van der Waals surface area contributed by atoms with Crippen LogP contribution in [0, 0.1) is 0 Å². The number of nitrogens with two attached hydrogens (primary N) is 1. The van der Waals surface area contributed by atoms with E-state index in [-0.39, 0.29) is 12.4 Å². The molecule has 0 unspecified atom stereocenters. The number of benzene rings is 1. The molecule has 1 aromatic rings. The number of likely N-dealkylation sites (N-methyl/N-ethyl adjacent to an activating group) is 1. The molecule has 12 heteroatoms. The molecule has 2 rings (SSSR count). The molecule has 0 amide bonds. The van der Waals surface area contributed by atoms with Crippen LogP contribution < -0.4 is 21.9 Å². The minimum atomic E-state index is -4.64. The van der Waals surface area contributed by atoms with E-state index in [1.807, 2.05) is 0 Å². The van der Waals surface area contributed by atoms with Crippen LogP contribution in [0.3, 0.4) is 0 Å². The molecule has 6 N–H and O–H groups in total. The van der Waals surface area contributed by atoms with E-state index < -0.39 is 18.8 Å². The molecule has 0 aromatic heterocycles. The summed E-state index contributed by atoms with van der Waals surface area (Å²) in [5.74, 6) is 0.535. The standard InChI is InChI=1S/C15H19Cl2F3N6O/c1-26(6-5-22-7-10(27)15(18,19)20)14-23-13(21)12(24-25-14)8-3-2-4-9(16)11(8)17/h2-4,10,22,24,27H,5-7,21H2,1H3,(H,23,25)/t10-/m0/s1. The monoisotopic (exact) mass is 426 g/mol. The van der Waals surface area contributed by atoms with E-state index in [4.69, 9.17) is 34.0 Å². The third-order valence-corrected chi connectivity index (χ3v) is 4.52. The van der Waals surface area contributed by atoms with E-state index >= 15 is 0 Å². The van der Waals surface area contributed by atoms with Gasteiger partial charge < -0.3 is 21.1 Å². The van der Waals surface area contributed by atoms with Crippen LogP contribution >= 0.6 is 23.2 Å². The normalized spacial score (nSPS) is 15.7. The van der Waals surface area contributed by atoms with Crippen molar-refractivity contribution in [2.75, 3.05) is 26.7 Å². The van der Waals surface area contributed by atoms with Gasteiger partial charge in [-0.15, -0.1) is 0 Å². The van der Waals surface area contributed by atoms with E-state index in [2.05, 4.69) is 21.2 Å². The highest BCUT2D eigenvalue weighted by atomic mass is 35.5. The molecule has 0 bridgehead atoms. The molecule has 1 aliphatic rings. The van der Waals surface area contributed by atoms with Crippen molar-refractivity contribution in [2.24, 2.45) is 10.7 Å². The van der Waals surface area contributed by atoms with Gasteiger partial charge in [0.1, 0.15) is 5.70 Å². The second-order valence-corrected chi connectivity index (χ2v) is 6.52. The third kappa shape index (κ3) is 5.55. The van der Waals surface area contributed by atoms with Crippen molar-refractivity contribution in [3.8, 4) is 0 Å². The molecule has 0 aliphatic carbocycles. The number of nitrogens with one attached hydrogen (secondary N) is 3. The van der Waals surface area contributed by atoms with Gasteiger partial charge in [0.25, 0.3) is 0 Å². The van der Waals surface area contributed by atoms with Gasteiger partial charge in [0, 0.05) is 32.2 Å². The summed E-state index contributed by atoms with van der Waals surface area (Å²) in [5.41, 5.74) is 12.8. The number of hydrazine groups is 1. The minimum Gasteiger partial charge on any atom is -0.382 e. The number of rotatable bonds is 6. The zero-order chi connectivity index (χ0) is 20.2. The Morgan fingerprint density at radius 3 is 2.67 bits per heavy atom. The Kier molecular flexibility index (Phi) is 7.04. The largest absolute Gasteiger partial charge is 0.415 e. The van der Waals surface area contributed by atoms with Crippen LogP contribution in [0.4, 0.5) is 13.2 Å². The van der Waals surface area contributed by atoms with E-state index in [0.29, 0.717) is 33.8 Å². The molecule has 7 nitrogen and oxygen atoms in total. The number of nitrogens with zero attached hydrogens (tertiary/aromatic N) is 2. The highest BCUT2D eigenvalue weighted by Crippen LogP contribution is 2.30. The highest BCUT2D eigenvalue weighted by Gasteiger charge is 2.37. The van der Waals surface area contributed by atoms with Crippen molar-refractivity contribution in [1.82, 2.24) is 21.1 Å². The summed E-state index contributed by atoms with van der Waals surface area (Å²) in [5, 5.41) is 12.2. The van der Waals surface area contributed by atoms with Crippen LogP contribution in [0.15, 0.2) is 29.0 Å². The molecular formula is C15H19Cl2F3N6O. The molecule has 0 radical (unpaired) electrons. The summed E-state index contributed by atoms with van der Waals surface area (Å²) in [7, 11) is 1.68. The molecule has 0 fully saturated rings. The fourth-order valence-electron chi connectivity index (χ4n) is 2.17. The van der Waals surface area contributed by atoms with Crippen molar-refractivity contribution in [3.63, 3.8) is 0 Å². The molecule has 150 valence electrons. The molecule has 1 atom stereocenters. The van der Waals surface area contributed by atoms with Crippen LogP contribution in [-0.2, 0) is 0 Å². The zero-order valence-corrected chi connectivity index (χ0v) is 15.8. The van der Waals surface area contributed by atoms with Crippen LogP contribution in [-0.4, -0.2) is 54.9 Å². The Balaban J connectivity index is 1.96. The maximum Gasteiger partial charge on any atom is 0.415 e. The second-order valence-electron chi connectivity index (χ2n) is 5.73. The summed E-state index contributed by atoms with van der Waals surface area (Å²) in [6.07, 6.45) is -7.05. The molecule has 1 heterocycles. The Bertz CT molecular complexity index is 741. The van der Waals surface area contributed by atoms with Crippen molar-refractivity contribution in [3.05, 3.63) is 39.6 Å². The lowest BCUT2D eigenvalue weighted by atomic mass is 10.1. The van der Waals surface area contributed by atoms with Crippen LogP contribution in [0.1, 0.15) is 5.56 Å². The van der Waals surface area contributed by atoms with Crippen LogP contribution in [0.25, 0.3) is 5.70 Å². The van der Waals surface area contributed by atoms with Crippen molar-refractivity contribution >= 4 is 34.9 Å². The highest BCUT2D eigenvalue weighted by molar-refractivity contribution is 6.43. The Morgan fingerprint density at radius 1 is 1.33 bits per heavy atom. The number of hydrogen-bond acceptors (Lipinski definition) is 7. The van der Waals surface area contributed by atoms with E-state index in [9.17, 15) is 13.2 Å². The summed E-state index contributed by atoms with van der Waals surface area (Å²) in [6.45, 7) is -0.0749. The first-order valence-electron chi connectivity index (χ1n) is 7.82. The fraction of sp³-hybridized carbons (Fsp3) is 0.400. The van der Waals surface area contributed by atoms with Crippen molar-refractivity contribution < 1.29 is 18.3 Å². The topological polar surface area (TPSA) is 97.9 Å². The summed E-state index contributed by atoms with van der Waals surface area (Å²) >= 11 is 12.2. The maximum atomic E-state index is 12.2. The van der Waals surface area contributed by atoms with E-state index in [1.165, 1.54) is 0 Å². The maximum absolute atomic E-state index is 12.2. The van der Waals surface area contributed by atoms with Crippen molar-refractivity contribution in [2.45, 2.75) is 12.3 Å². The minimum absolute atomic E-state index is 0.167. The van der Waals surface area contributed by atoms with Gasteiger partial charge in [0.2, 0.25) is 5.96 Å². The lowest BCUT2D eigenvalue weighted by Gasteiger charge is -2.28. The smallest absolute Gasteiger partial charge is 0.382 e. The predicted molar refractivity (Wildman–Crippen MR) is 98.8 cm³/mol. The lowest BCUT2D eigenvalue weighted by Crippen LogP contribution is -2.50. The molecular weight excluding hydrogens is 408 g/mol. The number of guanidine groups is 1. The molecule has 1 aromatic carbocycles. The first kappa shape index (κ1) is 21.4. The zero-order valence-electron chi connectivity index (χ0n) is 14.2. The quantitative estimate of drug-likeness (QED) is 0.442. The molecule has 0 saturated carbocycles. The average molecular weight is 427 g/mol. The van der Waals surface area contributed by atoms with Gasteiger partial charge in [-0.1, -0.05) is 35.3 Å². The van der Waals surface area contributed by atoms with Gasteiger partial charge in [-0.3, -0.25) is 10.9 Å². The van der Waals surface area contributed by atoms with Gasteiger partial charge in [0.15, 0.2) is 11.9 Å². The molecule has 0 saturated heterocycles. The van der Waals surface area contributed by atoms with Gasteiger partial charge in [-0.2, -0.15) is 18.2 Å². The van der Waals surface area contributed by atoms with Gasteiger partial charge in [-0.05, 0) is 6.07 Å². The number of aliphatic imine (C=N–C) groups is 1. The predicted octanol–water partition coefficient (Wildman–Crippen LogP) is 1.49. The molecule has 1 aliphatic heterocycles. The number of halogens is 5. The van der Waals surface area contributed by atoms with Crippen LogP contribution in [0.2, 0.25) is 10.0 Å². The molecule has 0 spiro atoms. The summed E-state index contributed by atoms with van der Waals surface area (Å²) < 4.78 is 36.7. The Morgan fingerprint density at radius 2 is 2.04 bits per heavy atom. The Labute approximate surface area is 164 Å². The number of aliphatic hydroxyl groups excluding tert-OH is 1. The lowest BCUT2D eigenvalue weighted by molar-refractivity contribution is -0.201. The van der Waals surface area contributed by atoms with Gasteiger partial charge >= 0.3 is 6.18 Å². The third-order valence-electron chi connectivity index (χ3n) is 3.70. The number of aliphatic hydroxyl groups is 1. The fourth-order valence-corrected chi connectivity index (χ4v) is 2.57. The molecule has 27 heavy (non-hydrogen) atoms. The van der Waals surface area contributed by atoms with E-state index in [1.54, 1.807) is 30.1 Å². The first-order valence-corrected chi connectivity index (χ1v) is 8.58. The Hall–Kier alpha value is -1.88. The summed E-state index contributed by atoms with van der Waals surface area (Å²) in [4.78, 5) is 5.87. The van der Waals surface area contributed by atoms with Crippen molar-refractivity contribution in [1.29, 1.82) is 0 Å². The number of alkyl halides is 3. The van der Waals surface area contributed by atoms with Gasteiger partial charge in [0.05, 0.1) is 10.0 Å². The van der Waals surface area contributed by atoms with Gasteiger partial charge in [-0.25, -0.2) is 0 Å². The average Bonchev–Trinajstić information content (AvgIpc) is 2.60. The second kappa shape index (κ2) is 8.87. The van der Waals surface area contributed by atoms with E-state index in [0.717, 1.165) is 0 Å². The van der Waals surface area contributed by atoms with Crippen LogP contribution in [0.5, 0.6) is 0 Å².